The summed E-state index contributed by atoms with van der Waals surface area (Å²) in [7, 11) is 0. The van der Waals surface area contributed by atoms with E-state index < -0.39 is 0 Å². The maximum absolute atomic E-state index is 12.5. The van der Waals surface area contributed by atoms with E-state index in [2.05, 4.69) is 54.9 Å². The van der Waals surface area contributed by atoms with Crippen LogP contribution in [0, 0.1) is 12.1 Å². The maximum atomic E-state index is 12.5. The van der Waals surface area contributed by atoms with Gasteiger partial charge >= 0.3 is 0 Å². The van der Waals surface area contributed by atoms with E-state index in [-0.39, 0.29) is 28.8 Å². The molecule has 0 radical (unpaired) electrons. The number of nitrogens with zero attached hydrogens (tertiary/aromatic N) is 2. The molecule has 4 unspecified atom stereocenters. The number of halogens is 1. The number of likely N-dealkylation sites (N-methyl/N-ethyl adjacent to an activating group) is 1. The fourth-order valence-electron chi connectivity index (χ4n) is 5.04. The number of rotatable bonds is 12. The van der Waals surface area contributed by atoms with Crippen molar-refractivity contribution in [3.05, 3.63) is 53.6 Å². The Bertz CT molecular complexity index is 769. The molecule has 0 saturated carbocycles. The summed E-state index contributed by atoms with van der Waals surface area (Å²) in [4.78, 5) is 17.5. The maximum Gasteiger partial charge on any atom is 0.160 e. The number of carbonyl (C=O) groups excluding carboxylic acids is 1. The summed E-state index contributed by atoms with van der Waals surface area (Å²) in [6.45, 7) is 12.8. The Morgan fingerprint density at radius 3 is 2.81 bits per heavy atom. The minimum Gasteiger partial charge on any atom is -0.634 e. The first-order valence-corrected chi connectivity index (χ1v) is 12.3. The molecule has 0 fully saturated rings. The highest BCUT2D eigenvalue weighted by atomic mass is 35.5. The lowest BCUT2D eigenvalue weighted by Gasteiger charge is -2.37. The van der Waals surface area contributed by atoms with Gasteiger partial charge in [-0.25, -0.2) is 0 Å². The van der Waals surface area contributed by atoms with Gasteiger partial charge in [0.25, 0.3) is 0 Å². The molecular weight excluding hydrogens is 410 g/mol. The molecule has 1 aliphatic heterocycles. The van der Waals surface area contributed by atoms with Gasteiger partial charge in [0.2, 0.25) is 0 Å². The molecular formula is C25H37ClN3O2-. The second-order valence-corrected chi connectivity index (χ2v) is 9.04. The van der Waals surface area contributed by atoms with E-state index in [1.54, 1.807) is 0 Å². The molecule has 1 aliphatic carbocycles. The Kier molecular flexibility index (Phi) is 8.96. The van der Waals surface area contributed by atoms with Crippen molar-refractivity contribution in [2.45, 2.75) is 57.5 Å². The molecule has 5 nitrogen and oxygen atoms in total. The van der Waals surface area contributed by atoms with Gasteiger partial charge in [-0.1, -0.05) is 19.9 Å². The lowest BCUT2D eigenvalue weighted by Crippen LogP contribution is -3.11. The van der Waals surface area contributed by atoms with Crippen LogP contribution in [0.25, 0.3) is 0 Å². The number of anilines is 1. The number of carbonyl (C=O) groups is 1. The minimum atomic E-state index is -0.0840. The first-order chi connectivity index (χ1) is 15.0. The highest BCUT2D eigenvalue weighted by molar-refractivity contribution is 6.17. The second-order valence-electron chi connectivity index (χ2n) is 8.66. The number of ketones is 1. The van der Waals surface area contributed by atoms with E-state index in [4.69, 9.17) is 11.6 Å². The lowest BCUT2D eigenvalue weighted by atomic mass is 9.83. The van der Waals surface area contributed by atoms with Crippen LogP contribution in [0.5, 0.6) is 0 Å². The summed E-state index contributed by atoms with van der Waals surface area (Å²) < 4.78 is 0. The van der Waals surface area contributed by atoms with Gasteiger partial charge in [0.05, 0.1) is 18.5 Å². The number of fused-ring (bicyclic) bond motifs is 3. The van der Waals surface area contributed by atoms with Crippen molar-refractivity contribution in [3.8, 4) is 0 Å². The average molecular weight is 447 g/mol. The van der Waals surface area contributed by atoms with Crippen molar-refractivity contribution in [2.24, 2.45) is 0 Å². The van der Waals surface area contributed by atoms with Crippen molar-refractivity contribution in [3.63, 3.8) is 0 Å². The molecule has 0 saturated heterocycles. The number of alkyl halides is 1. The zero-order valence-corrected chi connectivity index (χ0v) is 19.7. The molecule has 31 heavy (non-hydrogen) atoms. The zero-order chi connectivity index (χ0) is 22.4. The molecule has 172 valence electrons. The molecule has 0 aromatic heterocycles. The molecule has 1 aromatic rings. The van der Waals surface area contributed by atoms with Crippen LogP contribution in [0.3, 0.4) is 0 Å². The van der Waals surface area contributed by atoms with Crippen molar-refractivity contribution >= 4 is 23.1 Å². The third-order valence-electron chi connectivity index (χ3n) is 6.68. The van der Waals surface area contributed by atoms with Gasteiger partial charge in [0.1, 0.15) is 6.04 Å². The van der Waals surface area contributed by atoms with Crippen LogP contribution >= 0.6 is 11.6 Å². The summed E-state index contributed by atoms with van der Waals surface area (Å²) in [5, 5.41) is 12.8. The first kappa shape index (κ1) is 24.2. The molecule has 0 bridgehead atoms. The third-order valence-corrected chi connectivity index (χ3v) is 6.87. The fourth-order valence-corrected chi connectivity index (χ4v) is 5.22. The zero-order valence-electron chi connectivity index (χ0n) is 19.0. The molecule has 1 heterocycles. The number of nitrogens with one attached hydrogen (secondary N) is 1. The Hall–Kier alpha value is -1.40. The highest BCUT2D eigenvalue weighted by Crippen LogP contribution is 2.46. The molecule has 1 N–H and O–H groups in total. The molecule has 4 atom stereocenters. The van der Waals surface area contributed by atoms with E-state index in [9.17, 15) is 10.0 Å². The fraction of sp³-hybridized carbons (Fsp3) is 0.600. The molecule has 6 heteroatoms. The summed E-state index contributed by atoms with van der Waals surface area (Å²) in [6.07, 6.45) is 7.33. The number of hydrogen-bond donors (Lipinski definition) is 1. The van der Waals surface area contributed by atoms with Crippen molar-refractivity contribution < 1.29 is 9.86 Å². The Labute approximate surface area is 192 Å². The van der Waals surface area contributed by atoms with Gasteiger partial charge < -0.3 is 27.0 Å². The quantitative estimate of drug-likeness (QED) is 0.176. The average Bonchev–Trinajstić information content (AvgIpc) is 3.09. The summed E-state index contributed by atoms with van der Waals surface area (Å²) in [5.74, 6) is 0.751. The smallest absolute Gasteiger partial charge is 0.160 e. The monoisotopic (exact) mass is 446 g/mol. The minimum absolute atomic E-state index is 0.0840. The van der Waals surface area contributed by atoms with Crippen molar-refractivity contribution in [1.82, 2.24) is 4.90 Å². The standard InChI is InChI=1S/C25H37ClN3O2/c1-4-7-25(30)19-8-10-23-21(17-19)22-18-20(29(31)14-12-26)9-11-24(22)28(23)16-15-27(6-3)13-5-2/h8-11,17,20,22,24,29H,1,4-7,12-16,18H2,2-3H3/q-1. The Balaban J connectivity index is 1.88. The predicted molar refractivity (Wildman–Crippen MR) is 129 cm³/mol. The topological polar surface area (TPSA) is 51.1 Å². The Morgan fingerprint density at radius 2 is 2.13 bits per heavy atom. The summed E-state index contributed by atoms with van der Waals surface area (Å²) >= 11 is 5.83. The number of hydrogen-bond acceptors (Lipinski definition) is 4. The molecule has 2 aliphatic rings. The van der Waals surface area contributed by atoms with Gasteiger partial charge in [-0.05, 0) is 55.8 Å². The molecule has 3 rings (SSSR count). The number of hydroxylamine groups is 2. The van der Waals surface area contributed by atoms with E-state index in [0.717, 1.165) is 44.6 Å². The van der Waals surface area contributed by atoms with E-state index in [1.165, 1.54) is 11.3 Å². The van der Waals surface area contributed by atoms with E-state index >= 15 is 0 Å². The van der Waals surface area contributed by atoms with Crippen LogP contribution in [-0.2, 0) is 0 Å². The number of Topliss-reactive ketones (excluding diaryl/α,β-unsaturated/α-hetero) is 1. The second kappa shape index (κ2) is 11.5. The first-order valence-electron chi connectivity index (χ1n) is 11.8. The normalized spacial score (nSPS) is 23.2. The van der Waals surface area contributed by atoms with Gasteiger partial charge in [-0.3, -0.25) is 4.79 Å². The predicted octanol–water partition coefficient (Wildman–Crippen LogP) is 3.44. The number of benzene rings is 1. The van der Waals surface area contributed by atoms with Crippen molar-refractivity contribution in [2.75, 3.05) is 43.5 Å². The SMILES string of the molecule is [CH2-]CCC(=O)c1ccc2c(c1)C1CC([NH+]([O-])CCCl)C=CC1N2CCN(CC)CCC. The van der Waals surface area contributed by atoms with Crippen LogP contribution in [-0.4, -0.2) is 61.4 Å². The molecule has 0 spiro atoms. The van der Waals surface area contributed by atoms with Gasteiger partial charge in [-0.15, -0.1) is 11.6 Å². The van der Waals surface area contributed by atoms with Gasteiger partial charge in [0.15, 0.2) is 5.78 Å². The van der Waals surface area contributed by atoms with Crippen LogP contribution in [0.1, 0.15) is 61.4 Å². The Morgan fingerprint density at radius 1 is 1.32 bits per heavy atom. The van der Waals surface area contributed by atoms with Crippen LogP contribution < -0.4 is 9.96 Å². The third kappa shape index (κ3) is 5.51. The number of quaternary nitrogens is 1. The van der Waals surface area contributed by atoms with Crippen molar-refractivity contribution in [1.29, 1.82) is 0 Å². The largest absolute Gasteiger partial charge is 0.634 e. The van der Waals surface area contributed by atoms with E-state index in [1.807, 2.05) is 6.07 Å². The molecule has 0 amide bonds. The lowest BCUT2D eigenvalue weighted by molar-refractivity contribution is -0.866. The van der Waals surface area contributed by atoms with Crippen LogP contribution in [0.4, 0.5) is 5.69 Å². The van der Waals surface area contributed by atoms with Gasteiger partial charge in [-0.2, -0.15) is 6.42 Å². The van der Waals surface area contributed by atoms with E-state index in [0.29, 0.717) is 25.3 Å². The van der Waals surface area contributed by atoms with Gasteiger partial charge in [0, 0.05) is 36.7 Å². The summed E-state index contributed by atoms with van der Waals surface area (Å²) in [6, 6.07) is 6.32. The molecule has 1 aromatic carbocycles. The van der Waals surface area contributed by atoms with Crippen LogP contribution in [0.2, 0.25) is 0 Å². The van der Waals surface area contributed by atoms with Crippen LogP contribution in [0.15, 0.2) is 30.4 Å². The summed E-state index contributed by atoms with van der Waals surface area (Å²) in [5.41, 5.74) is 3.19. The highest BCUT2D eigenvalue weighted by Gasteiger charge is 2.41.